The molecule has 1 atom stereocenters. The largest absolute Gasteiger partial charge is 0.316 e. The molecule has 2 rings (SSSR count). The van der Waals surface area contributed by atoms with Crippen molar-refractivity contribution in [3.05, 3.63) is 35.6 Å². The van der Waals surface area contributed by atoms with Crippen molar-refractivity contribution in [2.75, 3.05) is 13.1 Å². The maximum atomic E-state index is 13.0. The monoisotopic (exact) mass is 221 g/mol. The fraction of sp³-hybridized carbons (Fsp3) is 0.571. The van der Waals surface area contributed by atoms with Gasteiger partial charge < -0.3 is 5.32 Å². The van der Waals surface area contributed by atoms with E-state index >= 15 is 0 Å². The molecule has 2 heteroatoms. The summed E-state index contributed by atoms with van der Waals surface area (Å²) in [5.74, 6) is 0.428. The molecule has 1 fully saturated rings. The van der Waals surface area contributed by atoms with E-state index in [1.54, 1.807) is 12.1 Å². The van der Waals surface area contributed by atoms with Gasteiger partial charge in [0.25, 0.3) is 0 Å². The Hall–Kier alpha value is -0.890. The zero-order valence-electron chi connectivity index (χ0n) is 10.1. The molecule has 0 bridgehead atoms. The van der Waals surface area contributed by atoms with Crippen molar-refractivity contribution >= 4 is 0 Å². The molecule has 1 aromatic rings. The zero-order chi connectivity index (χ0) is 11.6. The Morgan fingerprint density at radius 1 is 1.25 bits per heavy atom. The molecule has 0 amide bonds. The van der Waals surface area contributed by atoms with Crippen LogP contribution >= 0.6 is 0 Å². The number of benzene rings is 1. The van der Waals surface area contributed by atoms with E-state index in [4.69, 9.17) is 0 Å². The minimum atomic E-state index is -0.147. The molecule has 88 valence electrons. The molecule has 16 heavy (non-hydrogen) atoms. The van der Waals surface area contributed by atoms with Crippen LogP contribution < -0.4 is 5.32 Å². The molecule has 0 spiro atoms. The summed E-state index contributed by atoms with van der Waals surface area (Å²) in [4.78, 5) is 0. The SMILES string of the molecule is CC(C)C1(c2ccc(F)cc2)CCCNC1. The first-order chi connectivity index (χ1) is 7.65. The van der Waals surface area contributed by atoms with Crippen LogP contribution in [0.2, 0.25) is 0 Å². The molecule has 1 aliphatic heterocycles. The summed E-state index contributed by atoms with van der Waals surface area (Å²) in [6.45, 7) is 6.64. The van der Waals surface area contributed by atoms with Gasteiger partial charge in [0.1, 0.15) is 5.82 Å². The average Bonchev–Trinajstić information content (AvgIpc) is 2.30. The first-order valence-electron chi connectivity index (χ1n) is 6.12. The maximum absolute atomic E-state index is 13.0. The van der Waals surface area contributed by atoms with Gasteiger partial charge in [-0.05, 0) is 43.0 Å². The van der Waals surface area contributed by atoms with Crippen molar-refractivity contribution in [3.8, 4) is 0 Å². The summed E-state index contributed by atoms with van der Waals surface area (Å²) < 4.78 is 13.0. The van der Waals surface area contributed by atoms with Gasteiger partial charge in [0.2, 0.25) is 0 Å². The molecule has 1 unspecified atom stereocenters. The summed E-state index contributed by atoms with van der Waals surface area (Å²) in [5.41, 5.74) is 1.46. The van der Waals surface area contributed by atoms with Gasteiger partial charge in [-0.1, -0.05) is 26.0 Å². The van der Waals surface area contributed by atoms with Crippen LogP contribution in [0.15, 0.2) is 24.3 Å². The van der Waals surface area contributed by atoms with Crippen molar-refractivity contribution < 1.29 is 4.39 Å². The van der Waals surface area contributed by atoms with Crippen LogP contribution in [-0.2, 0) is 5.41 Å². The van der Waals surface area contributed by atoms with Gasteiger partial charge in [-0.2, -0.15) is 0 Å². The third-order valence-corrected chi connectivity index (χ3v) is 3.94. The van der Waals surface area contributed by atoms with Crippen LogP contribution in [0.1, 0.15) is 32.3 Å². The van der Waals surface area contributed by atoms with E-state index in [0.717, 1.165) is 13.1 Å². The van der Waals surface area contributed by atoms with E-state index in [9.17, 15) is 4.39 Å². The third-order valence-electron chi connectivity index (χ3n) is 3.94. The zero-order valence-corrected chi connectivity index (χ0v) is 10.1. The highest BCUT2D eigenvalue weighted by Gasteiger charge is 2.36. The quantitative estimate of drug-likeness (QED) is 0.809. The van der Waals surface area contributed by atoms with Crippen LogP contribution in [-0.4, -0.2) is 13.1 Å². The lowest BCUT2D eigenvalue weighted by molar-refractivity contribution is 0.233. The standard InChI is InChI=1S/C14H20FN/c1-11(2)14(8-3-9-16-10-14)12-4-6-13(15)7-5-12/h4-7,11,16H,3,8-10H2,1-2H3. The molecule has 1 heterocycles. The second kappa shape index (κ2) is 4.54. The second-order valence-corrected chi connectivity index (χ2v) is 5.10. The Kier molecular flexibility index (Phi) is 3.29. The molecule has 1 nitrogen and oxygen atoms in total. The van der Waals surface area contributed by atoms with Gasteiger partial charge in [-0.15, -0.1) is 0 Å². The Bertz CT molecular complexity index is 336. The number of hydrogen-bond acceptors (Lipinski definition) is 1. The Morgan fingerprint density at radius 2 is 1.94 bits per heavy atom. The normalized spacial score (nSPS) is 26.0. The van der Waals surface area contributed by atoms with Gasteiger partial charge in [0.05, 0.1) is 0 Å². The van der Waals surface area contributed by atoms with Crippen molar-refractivity contribution in [3.63, 3.8) is 0 Å². The summed E-state index contributed by atoms with van der Waals surface area (Å²) in [6.07, 6.45) is 2.40. The number of nitrogens with one attached hydrogen (secondary N) is 1. The molecular formula is C14H20FN. The summed E-state index contributed by atoms with van der Waals surface area (Å²) >= 11 is 0. The molecule has 0 radical (unpaired) electrons. The predicted octanol–water partition coefficient (Wildman–Crippen LogP) is 3.10. The first kappa shape index (κ1) is 11.6. The Balaban J connectivity index is 2.34. The lowest BCUT2D eigenvalue weighted by atomic mass is 9.67. The lowest BCUT2D eigenvalue weighted by Crippen LogP contribution is -2.46. The van der Waals surface area contributed by atoms with E-state index < -0.39 is 0 Å². The lowest BCUT2D eigenvalue weighted by Gasteiger charge is -2.42. The second-order valence-electron chi connectivity index (χ2n) is 5.10. The topological polar surface area (TPSA) is 12.0 Å². The van der Waals surface area contributed by atoms with Crippen LogP contribution in [0.3, 0.4) is 0 Å². The minimum Gasteiger partial charge on any atom is -0.316 e. The van der Waals surface area contributed by atoms with Crippen LogP contribution in [0, 0.1) is 11.7 Å². The smallest absolute Gasteiger partial charge is 0.123 e. The highest BCUT2D eigenvalue weighted by atomic mass is 19.1. The van der Waals surface area contributed by atoms with Crippen molar-refractivity contribution in [1.82, 2.24) is 5.32 Å². The average molecular weight is 221 g/mol. The number of rotatable bonds is 2. The predicted molar refractivity (Wildman–Crippen MR) is 65.0 cm³/mol. The Morgan fingerprint density at radius 3 is 2.44 bits per heavy atom. The molecule has 1 aromatic carbocycles. The molecule has 0 saturated carbocycles. The van der Waals surface area contributed by atoms with E-state index in [-0.39, 0.29) is 11.2 Å². The van der Waals surface area contributed by atoms with E-state index in [1.807, 2.05) is 12.1 Å². The van der Waals surface area contributed by atoms with E-state index in [1.165, 1.54) is 18.4 Å². The van der Waals surface area contributed by atoms with Crippen LogP contribution in [0.4, 0.5) is 4.39 Å². The number of piperidine rings is 1. The van der Waals surface area contributed by atoms with E-state index in [0.29, 0.717) is 5.92 Å². The van der Waals surface area contributed by atoms with Gasteiger partial charge in [-0.25, -0.2) is 4.39 Å². The highest BCUT2D eigenvalue weighted by Crippen LogP contribution is 2.38. The third kappa shape index (κ3) is 1.99. The fourth-order valence-electron chi connectivity index (χ4n) is 2.78. The van der Waals surface area contributed by atoms with Crippen LogP contribution in [0.25, 0.3) is 0 Å². The van der Waals surface area contributed by atoms with Crippen molar-refractivity contribution in [2.24, 2.45) is 5.92 Å². The Labute approximate surface area is 97.1 Å². The fourth-order valence-corrected chi connectivity index (χ4v) is 2.78. The molecule has 1 aliphatic rings. The number of hydrogen-bond donors (Lipinski definition) is 1. The minimum absolute atomic E-state index is 0.147. The summed E-state index contributed by atoms with van der Waals surface area (Å²) in [5, 5.41) is 3.48. The molecule has 0 aromatic heterocycles. The summed E-state index contributed by atoms with van der Waals surface area (Å²) in [6, 6.07) is 7.05. The maximum Gasteiger partial charge on any atom is 0.123 e. The van der Waals surface area contributed by atoms with Gasteiger partial charge >= 0.3 is 0 Å². The first-order valence-corrected chi connectivity index (χ1v) is 6.12. The van der Waals surface area contributed by atoms with Crippen LogP contribution in [0.5, 0.6) is 0 Å². The highest BCUT2D eigenvalue weighted by molar-refractivity contribution is 5.28. The molecular weight excluding hydrogens is 201 g/mol. The molecule has 0 aliphatic carbocycles. The summed E-state index contributed by atoms with van der Waals surface area (Å²) in [7, 11) is 0. The number of halogens is 1. The van der Waals surface area contributed by atoms with Gasteiger partial charge in [0, 0.05) is 12.0 Å². The van der Waals surface area contributed by atoms with Gasteiger partial charge in [0.15, 0.2) is 0 Å². The van der Waals surface area contributed by atoms with Crippen molar-refractivity contribution in [2.45, 2.75) is 32.1 Å². The molecule has 1 saturated heterocycles. The molecule has 1 N–H and O–H groups in total. The van der Waals surface area contributed by atoms with Crippen molar-refractivity contribution in [1.29, 1.82) is 0 Å². The van der Waals surface area contributed by atoms with Gasteiger partial charge in [-0.3, -0.25) is 0 Å². The van der Waals surface area contributed by atoms with E-state index in [2.05, 4.69) is 19.2 Å².